The van der Waals surface area contributed by atoms with Crippen LogP contribution in [-0.2, 0) is 0 Å². The lowest BCUT2D eigenvalue weighted by Gasteiger charge is -2.00. The number of guanidine groups is 1. The summed E-state index contributed by atoms with van der Waals surface area (Å²) in [7, 11) is 0. The van der Waals surface area contributed by atoms with Gasteiger partial charge in [-0.25, -0.2) is 15.2 Å². The Balaban J connectivity index is 2.15. The number of aromatic amines is 2. The minimum absolute atomic E-state index is 0.302. The number of aliphatic imine (C=N–C) groups is 1. The van der Waals surface area contributed by atoms with E-state index in [4.69, 9.17) is 0 Å². The van der Waals surface area contributed by atoms with Crippen molar-refractivity contribution in [1.82, 2.24) is 20.7 Å². The molecule has 0 atom stereocenters. The quantitative estimate of drug-likeness (QED) is 0.360. The molecule has 90 valence electrons. The molecule has 1 aliphatic rings. The zero-order valence-corrected chi connectivity index (χ0v) is 9.20. The van der Waals surface area contributed by atoms with E-state index in [1.165, 1.54) is 6.21 Å². The monoisotopic (exact) mass is 236 g/mol. The molecule has 1 aromatic heterocycles. The maximum absolute atomic E-state index is 11.4. The number of H-pyrrole nitrogens is 2. The summed E-state index contributed by atoms with van der Waals surface area (Å²) in [6, 6.07) is 0. The van der Waals surface area contributed by atoms with Gasteiger partial charge in [-0.05, 0) is 6.92 Å². The zero-order chi connectivity index (χ0) is 12.3. The lowest BCUT2D eigenvalue weighted by atomic mass is 10.2. The molecule has 2 rings (SSSR count). The lowest BCUT2D eigenvalue weighted by molar-refractivity contribution is 0.918. The molecule has 0 saturated carbocycles. The third-order valence-electron chi connectivity index (χ3n) is 2.21. The molecule has 0 aliphatic carbocycles. The highest BCUT2D eigenvalue weighted by atomic mass is 16.2. The highest BCUT2D eigenvalue weighted by Gasteiger charge is 2.04. The average molecular weight is 236 g/mol. The molecular formula is C9H12N6O2. The van der Waals surface area contributed by atoms with E-state index in [2.05, 4.69) is 30.8 Å². The fraction of sp³-hybridized carbons (Fsp3) is 0.333. The Labute approximate surface area is 95.9 Å². The van der Waals surface area contributed by atoms with E-state index < -0.39 is 11.2 Å². The first-order valence-electron chi connectivity index (χ1n) is 5.07. The normalized spacial score (nSPS) is 14.8. The molecule has 0 spiro atoms. The van der Waals surface area contributed by atoms with Crippen LogP contribution in [0.1, 0.15) is 11.3 Å². The fourth-order valence-electron chi connectivity index (χ4n) is 1.40. The van der Waals surface area contributed by atoms with Crippen LogP contribution in [0.5, 0.6) is 0 Å². The molecule has 8 heteroatoms. The van der Waals surface area contributed by atoms with Crippen LogP contribution >= 0.6 is 0 Å². The van der Waals surface area contributed by atoms with Gasteiger partial charge in [-0.2, -0.15) is 5.10 Å². The molecule has 2 heterocycles. The standard InChI is InChI=1S/C9H12N6O2/c1-5-6(7(16)14-9(17)13-5)4-12-15-8-10-2-3-11-8/h4H,2-3H2,1H3,(H2,10,11,15)(H2,13,14,16,17)/b12-4+. The maximum atomic E-state index is 11.4. The Bertz CT molecular complexity index is 582. The predicted molar refractivity (Wildman–Crippen MR) is 63.5 cm³/mol. The first-order valence-corrected chi connectivity index (χ1v) is 5.07. The summed E-state index contributed by atoms with van der Waals surface area (Å²) in [5.41, 5.74) is 2.43. The summed E-state index contributed by atoms with van der Waals surface area (Å²) in [5.74, 6) is 0.569. The van der Waals surface area contributed by atoms with E-state index in [0.717, 1.165) is 6.54 Å². The van der Waals surface area contributed by atoms with Crippen LogP contribution in [0.3, 0.4) is 0 Å². The lowest BCUT2D eigenvalue weighted by Crippen LogP contribution is -2.31. The minimum atomic E-state index is -0.528. The van der Waals surface area contributed by atoms with Crippen molar-refractivity contribution in [2.75, 3.05) is 13.1 Å². The van der Waals surface area contributed by atoms with E-state index in [-0.39, 0.29) is 0 Å². The molecule has 0 unspecified atom stereocenters. The summed E-state index contributed by atoms with van der Waals surface area (Å²) in [5, 5.41) is 6.83. The molecule has 4 N–H and O–H groups in total. The summed E-state index contributed by atoms with van der Waals surface area (Å²) >= 11 is 0. The summed E-state index contributed by atoms with van der Waals surface area (Å²) in [6.07, 6.45) is 1.34. The van der Waals surface area contributed by atoms with E-state index in [9.17, 15) is 9.59 Å². The molecule has 0 aromatic carbocycles. The number of nitrogens with one attached hydrogen (secondary N) is 4. The molecule has 1 aromatic rings. The van der Waals surface area contributed by atoms with E-state index in [0.29, 0.717) is 23.8 Å². The van der Waals surface area contributed by atoms with Crippen LogP contribution in [0.25, 0.3) is 0 Å². The fourth-order valence-corrected chi connectivity index (χ4v) is 1.40. The SMILES string of the molecule is Cc1[nH]c(=O)[nH]c(=O)c1/C=N/NC1=NCCN1. The van der Waals surface area contributed by atoms with Gasteiger partial charge in [0.05, 0.1) is 18.3 Å². The summed E-state index contributed by atoms with van der Waals surface area (Å²) in [6.45, 7) is 3.11. The number of aryl methyl sites for hydroxylation is 1. The average Bonchev–Trinajstić information content (AvgIpc) is 2.74. The number of hydrazone groups is 1. The van der Waals surface area contributed by atoms with Gasteiger partial charge in [0, 0.05) is 12.2 Å². The van der Waals surface area contributed by atoms with Crippen molar-refractivity contribution in [2.45, 2.75) is 6.92 Å². The molecule has 0 radical (unpaired) electrons. The summed E-state index contributed by atoms with van der Waals surface area (Å²) < 4.78 is 0. The van der Waals surface area contributed by atoms with Gasteiger partial charge in [0.1, 0.15) is 0 Å². The van der Waals surface area contributed by atoms with E-state index in [1.54, 1.807) is 6.92 Å². The first-order chi connectivity index (χ1) is 8.16. The van der Waals surface area contributed by atoms with Crippen molar-refractivity contribution in [3.05, 3.63) is 32.1 Å². The number of hydrogen-bond acceptors (Lipinski definition) is 6. The second-order valence-corrected chi connectivity index (χ2v) is 3.47. The molecule has 1 aliphatic heterocycles. The third-order valence-corrected chi connectivity index (χ3v) is 2.21. The Kier molecular flexibility index (Phi) is 3.03. The van der Waals surface area contributed by atoms with Crippen LogP contribution in [-0.4, -0.2) is 35.2 Å². The van der Waals surface area contributed by atoms with Gasteiger partial charge in [-0.1, -0.05) is 0 Å². The molecule has 0 bridgehead atoms. The Hall–Kier alpha value is -2.38. The molecule has 0 amide bonds. The van der Waals surface area contributed by atoms with Crippen molar-refractivity contribution < 1.29 is 0 Å². The molecule has 8 nitrogen and oxygen atoms in total. The molecule has 0 fully saturated rings. The van der Waals surface area contributed by atoms with Crippen molar-refractivity contribution in [3.63, 3.8) is 0 Å². The van der Waals surface area contributed by atoms with Crippen molar-refractivity contribution in [1.29, 1.82) is 0 Å². The number of hydrogen-bond donors (Lipinski definition) is 4. The van der Waals surface area contributed by atoms with Crippen LogP contribution in [0.15, 0.2) is 19.7 Å². The number of aromatic nitrogens is 2. The Morgan fingerprint density at radius 3 is 2.88 bits per heavy atom. The van der Waals surface area contributed by atoms with Gasteiger partial charge in [-0.3, -0.25) is 9.78 Å². The van der Waals surface area contributed by atoms with Gasteiger partial charge in [0.25, 0.3) is 5.56 Å². The maximum Gasteiger partial charge on any atom is 0.325 e. The number of rotatable bonds is 2. The largest absolute Gasteiger partial charge is 0.353 e. The van der Waals surface area contributed by atoms with Crippen LogP contribution in [0.4, 0.5) is 0 Å². The van der Waals surface area contributed by atoms with Gasteiger partial charge < -0.3 is 10.3 Å². The minimum Gasteiger partial charge on any atom is -0.353 e. The molecule has 17 heavy (non-hydrogen) atoms. The van der Waals surface area contributed by atoms with Gasteiger partial charge in [0.2, 0.25) is 5.96 Å². The second-order valence-electron chi connectivity index (χ2n) is 3.47. The smallest absolute Gasteiger partial charge is 0.325 e. The van der Waals surface area contributed by atoms with E-state index >= 15 is 0 Å². The topological polar surface area (TPSA) is 114 Å². The Morgan fingerprint density at radius 1 is 1.41 bits per heavy atom. The number of nitrogens with zero attached hydrogens (tertiary/aromatic N) is 2. The third kappa shape index (κ3) is 2.60. The van der Waals surface area contributed by atoms with Crippen LogP contribution < -0.4 is 22.0 Å². The van der Waals surface area contributed by atoms with Gasteiger partial charge in [0.15, 0.2) is 0 Å². The zero-order valence-electron chi connectivity index (χ0n) is 9.20. The van der Waals surface area contributed by atoms with E-state index in [1.807, 2.05) is 0 Å². The second kappa shape index (κ2) is 4.64. The summed E-state index contributed by atoms with van der Waals surface area (Å²) in [4.78, 5) is 31.1. The Morgan fingerprint density at radius 2 is 2.24 bits per heavy atom. The predicted octanol–water partition coefficient (Wildman–Crippen LogP) is -1.75. The van der Waals surface area contributed by atoms with Crippen LogP contribution in [0.2, 0.25) is 0 Å². The first kappa shape index (κ1) is 11.1. The van der Waals surface area contributed by atoms with Crippen molar-refractivity contribution in [3.8, 4) is 0 Å². The van der Waals surface area contributed by atoms with Gasteiger partial charge >= 0.3 is 5.69 Å². The van der Waals surface area contributed by atoms with Crippen LogP contribution in [0, 0.1) is 6.92 Å². The van der Waals surface area contributed by atoms with Gasteiger partial charge in [-0.15, -0.1) is 0 Å². The molecule has 0 saturated heterocycles. The molecular weight excluding hydrogens is 224 g/mol. The highest BCUT2D eigenvalue weighted by molar-refractivity contribution is 5.84. The highest BCUT2D eigenvalue weighted by Crippen LogP contribution is 1.89. The van der Waals surface area contributed by atoms with Crippen molar-refractivity contribution >= 4 is 12.2 Å². The van der Waals surface area contributed by atoms with Crippen molar-refractivity contribution in [2.24, 2.45) is 10.1 Å².